The number of halogens is 2. The van der Waals surface area contributed by atoms with Crippen molar-refractivity contribution in [2.45, 2.75) is 25.6 Å². The Morgan fingerprint density at radius 2 is 1.22 bits per heavy atom. The van der Waals surface area contributed by atoms with Crippen molar-refractivity contribution in [3.05, 3.63) is 107 Å². The third kappa shape index (κ3) is 5.56. The minimum Gasteiger partial charge on any atom is -0.302 e. The second kappa shape index (κ2) is 9.19. The summed E-state index contributed by atoms with van der Waals surface area (Å²) >= 11 is 0. The molecule has 3 aromatic carbocycles. The maximum Gasteiger partial charge on any atom is 0.137 e. The molecule has 4 heteroatoms. The van der Waals surface area contributed by atoms with Gasteiger partial charge in [-0.3, -0.25) is 4.90 Å². The van der Waals surface area contributed by atoms with Crippen LogP contribution < -0.4 is 0 Å². The van der Waals surface area contributed by atoms with E-state index in [1.807, 2.05) is 65.6 Å². The molecule has 0 saturated carbocycles. The van der Waals surface area contributed by atoms with Crippen molar-refractivity contribution in [3.63, 3.8) is 0 Å². The SMILES string of the molecule is O=C[C@@H](Cc1cc(F)cc(F)c1)N(Cc1ccccc1)Cc1ccccc1. The third-order valence-electron chi connectivity index (χ3n) is 4.45. The lowest BCUT2D eigenvalue weighted by atomic mass is 10.0. The molecule has 0 aliphatic carbocycles. The molecule has 0 saturated heterocycles. The maximum atomic E-state index is 13.5. The van der Waals surface area contributed by atoms with Gasteiger partial charge >= 0.3 is 0 Å². The summed E-state index contributed by atoms with van der Waals surface area (Å²) < 4.78 is 27.1. The molecule has 3 rings (SSSR count). The Morgan fingerprint density at radius 3 is 1.67 bits per heavy atom. The average Bonchev–Trinajstić information content (AvgIpc) is 2.66. The molecular formula is C23H21F2NO. The summed E-state index contributed by atoms with van der Waals surface area (Å²) in [6, 6.07) is 22.6. The minimum absolute atomic E-state index is 0.248. The average molecular weight is 365 g/mol. The zero-order valence-corrected chi connectivity index (χ0v) is 14.9. The van der Waals surface area contributed by atoms with Gasteiger partial charge in [-0.2, -0.15) is 0 Å². The van der Waals surface area contributed by atoms with Crippen LogP contribution in [0.15, 0.2) is 78.9 Å². The van der Waals surface area contributed by atoms with Gasteiger partial charge in [-0.25, -0.2) is 8.78 Å². The van der Waals surface area contributed by atoms with Crippen molar-refractivity contribution in [1.29, 1.82) is 0 Å². The van der Waals surface area contributed by atoms with Crippen LogP contribution in [0.1, 0.15) is 16.7 Å². The van der Waals surface area contributed by atoms with Crippen LogP contribution in [0.3, 0.4) is 0 Å². The molecule has 0 bridgehead atoms. The molecule has 138 valence electrons. The molecule has 0 radical (unpaired) electrons. The Hall–Kier alpha value is -2.85. The van der Waals surface area contributed by atoms with Crippen LogP contribution >= 0.6 is 0 Å². The standard InChI is InChI=1S/C23H21F2NO/c24-21-11-20(12-22(25)14-21)13-23(17-27)26(15-18-7-3-1-4-8-18)16-19-9-5-2-6-10-19/h1-12,14,17,23H,13,15-16H2/t23-/m1/s1. The summed E-state index contributed by atoms with van der Waals surface area (Å²) in [6.07, 6.45) is 1.10. The van der Waals surface area contributed by atoms with Crippen molar-refractivity contribution in [2.75, 3.05) is 0 Å². The lowest BCUT2D eigenvalue weighted by molar-refractivity contribution is -0.112. The fourth-order valence-corrected chi connectivity index (χ4v) is 3.16. The van der Waals surface area contributed by atoms with Gasteiger partial charge in [0.2, 0.25) is 0 Å². The summed E-state index contributed by atoms with van der Waals surface area (Å²) in [5.41, 5.74) is 2.62. The second-order valence-corrected chi connectivity index (χ2v) is 6.56. The van der Waals surface area contributed by atoms with Crippen molar-refractivity contribution >= 4 is 6.29 Å². The molecule has 2 nitrogen and oxygen atoms in total. The number of hydrogen-bond donors (Lipinski definition) is 0. The first-order valence-corrected chi connectivity index (χ1v) is 8.86. The van der Waals surface area contributed by atoms with Crippen LogP contribution in [-0.4, -0.2) is 17.2 Å². The Balaban J connectivity index is 1.84. The molecule has 0 aliphatic rings. The van der Waals surface area contributed by atoms with Gasteiger partial charge in [-0.15, -0.1) is 0 Å². The van der Waals surface area contributed by atoms with Crippen molar-refractivity contribution in [2.24, 2.45) is 0 Å². The van der Waals surface area contributed by atoms with E-state index in [0.29, 0.717) is 18.7 Å². The van der Waals surface area contributed by atoms with E-state index in [-0.39, 0.29) is 6.42 Å². The lowest BCUT2D eigenvalue weighted by Crippen LogP contribution is -2.37. The minimum atomic E-state index is -0.632. The molecule has 27 heavy (non-hydrogen) atoms. The highest BCUT2D eigenvalue weighted by Gasteiger charge is 2.20. The quantitative estimate of drug-likeness (QED) is 0.536. The molecule has 1 atom stereocenters. The van der Waals surface area contributed by atoms with Crippen LogP contribution in [0.4, 0.5) is 8.78 Å². The van der Waals surface area contributed by atoms with Gasteiger partial charge in [0.05, 0.1) is 6.04 Å². The molecular weight excluding hydrogens is 344 g/mol. The molecule has 0 unspecified atom stereocenters. The summed E-state index contributed by atoms with van der Waals surface area (Å²) in [4.78, 5) is 13.9. The smallest absolute Gasteiger partial charge is 0.137 e. The molecule has 0 N–H and O–H groups in total. The number of carbonyl (C=O) groups is 1. The van der Waals surface area contributed by atoms with Crippen LogP contribution in [0, 0.1) is 11.6 Å². The highest BCUT2D eigenvalue weighted by Crippen LogP contribution is 2.17. The molecule has 0 fully saturated rings. The van der Waals surface area contributed by atoms with Gasteiger partial charge < -0.3 is 4.79 Å². The van der Waals surface area contributed by atoms with E-state index in [0.717, 1.165) is 23.5 Å². The van der Waals surface area contributed by atoms with Crippen LogP contribution in [-0.2, 0) is 24.3 Å². The van der Waals surface area contributed by atoms with Crippen LogP contribution in [0.5, 0.6) is 0 Å². The maximum absolute atomic E-state index is 13.5. The summed E-state index contributed by atoms with van der Waals surface area (Å²) in [6.45, 7) is 1.13. The normalized spacial score (nSPS) is 12.1. The number of rotatable bonds is 8. The molecule has 0 spiro atoms. The van der Waals surface area contributed by atoms with E-state index in [2.05, 4.69) is 0 Å². The van der Waals surface area contributed by atoms with Crippen LogP contribution in [0.25, 0.3) is 0 Å². The van der Waals surface area contributed by atoms with E-state index < -0.39 is 17.7 Å². The van der Waals surface area contributed by atoms with Gasteiger partial charge in [0.25, 0.3) is 0 Å². The molecule has 0 amide bonds. The Morgan fingerprint density at radius 1 is 0.741 bits per heavy atom. The molecule has 0 heterocycles. The number of hydrogen-bond acceptors (Lipinski definition) is 2. The van der Waals surface area contributed by atoms with E-state index in [9.17, 15) is 13.6 Å². The highest BCUT2D eigenvalue weighted by molar-refractivity contribution is 5.58. The van der Waals surface area contributed by atoms with Gasteiger partial charge in [-0.1, -0.05) is 60.7 Å². The van der Waals surface area contributed by atoms with Crippen molar-refractivity contribution < 1.29 is 13.6 Å². The largest absolute Gasteiger partial charge is 0.302 e. The number of nitrogens with zero attached hydrogens (tertiary/aromatic N) is 1. The first-order chi connectivity index (χ1) is 13.1. The number of aldehydes is 1. The van der Waals surface area contributed by atoms with E-state index >= 15 is 0 Å². The fourth-order valence-electron chi connectivity index (χ4n) is 3.16. The first kappa shape index (κ1) is 18.9. The van der Waals surface area contributed by atoms with Gasteiger partial charge in [-0.05, 0) is 35.2 Å². The van der Waals surface area contributed by atoms with Gasteiger partial charge in [0, 0.05) is 19.2 Å². The third-order valence-corrected chi connectivity index (χ3v) is 4.45. The predicted octanol–water partition coefficient (Wildman–Crippen LogP) is 4.78. The number of carbonyl (C=O) groups excluding carboxylic acids is 1. The Labute approximate surface area is 158 Å². The van der Waals surface area contributed by atoms with Gasteiger partial charge in [0.1, 0.15) is 17.9 Å². The molecule has 0 aliphatic heterocycles. The highest BCUT2D eigenvalue weighted by atomic mass is 19.1. The Bertz CT molecular complexity index is 806. The van der Waals surface area contributed by atoms with Crippen molar-refractivity contribution in [1.82, 2.24) is 4.90 Å². The summed E-state index contributed by atoms with van der Waals surface area (Å²) in [5.74, 6) is -1.26. The number of benzene rings is 3. The van der Waals surface area contributed by atoms with E-state index in [1.54, 1.807) is 0 Å². The van der Waals surface area contributed by atoms with Crippen LogP contribution in [0.2, 0.25) is 0 Å². The zero-order chi connectivity index (χ0) is 19.1. The van der Waals surface area contributed by atoms with E-state index in [4.69, 9.17) is 0 Å². The predicted molar refractivity (Wildman–Crippen MR) is 102 cm³/mol. The lowest BCUT2D eigenvalue weighted by Gasteiger charge is -2.28. The second-order valence-electron chi connectivity index (χ2n) is 6.56. The molecule has 0 aromatic heterocycles. The topological polar surface area (TPSA) is 20.3 Å². The van der Waals surface area contributed by atoms with E-state index in [1.165, 1.54) is 12.1 Å². The summed E-state index contributed by atoms with van der Waals surface area (Å²) in [7, 11) is 0. The Kier molecular flexibility index (Phi) is 6.44. The summed E-state index contributed by atoms with van der Waals surface area (Å²) in [5, 5.41) is 0. The van der Waals surface area contributed by atoms with Gasteiger partial charge in [0.15, 0.2) is 0 Å². The van der Waals surface area contributed by atoms with Crippen molar-refractivity contribution in [3.8, 4) is 0 Å². The first-order valence-electron chi connectivity index (χ1n) is 8.86. The molecule has 3 aromatic rings. The fraction of sp³-hybridized carbons (Fsp3) is 0.174. The monoisotopic (exact) mass is 365 g/mol. The zero-order valence-electron chi connectivity index (χ0n) is 14.9.